The van der Waals surface area contributed by atoms with Crippen LogP contribution in [0.2, 0.25) is 0 Å². The molecule has 37 heavy (non-hydrogen) atoms. The number of hydrogen-bond acceptors (Lipinski definition) is 9. The van der Waals surface area contributed by atoms with E-state index in [4.69, 9.17) is 14.5 Å². The molecular formula is C26H29BrFN7O2. The zero-order valence-electron chi connectivity index (χ0n) is 20.4. The van der Waals surface area contributed by atoms with E-state index < -0.39 is 0 Å². The molecule has 0 saturated carbocycles. The summed E-state index contributed by atoms with van der Waals surface area (Å²) in [5, 5.41) is 4.39. The van der Waals surface area contributed by atoms with Crippen molar-refractivity contribution in [2.45, 2.75) is 25.9 Å². The van der Waals surface area contributed by atoms with Crippen LogP contribution in [-0.2, 0) is 11.3 Å². The first-order valence-corrected chi connectivity index (χ1v) is 13.2. The number of benzene rings is 2. The summed E-state index contributed by atoms with van der Waals surface area (Å²) >= 11 is 3.50. The molecule has 0 aliphatic carbocycles. The van der Waals surface area contributed by atoms with Gasteiger partial charge in [-0.05, 0) is 43.5 Å². The van der Waals surface area contributed by atoms with Crippen LogP contribution in [0.15, 0.2) is 52.0 Å². The highest BCUT2D eigenvalue weighted by molar-refractivity contribution is 9.10. The normalized spacial score (nSPS) is 16.3. The molecule has 2 saturated heterocycles. The van der Waals surface area contributed by atoms with Crippen molar-refractivity contribution in [3.63, 3.8) is 0 Å². The number of hydrogen-bond donors (Lipinski definition) is 1. The number of nitrogens with one attached hydrogen (secondary N) is 1. The van der Waals surface area contributed by atoms with Gasteiger partial charge in [0.15, 0.2) is 0 Å². The van der Waals surface area contributed by atoms with E-state index in [1.54, 1.807) is 24.4 Å². The van der Waals surface area contributed by atoms with Gasteiger partial charge in [0, 0.05) is 41.8 Å². The van der Waals surface area contributed by atoms with Crippen LogP contribution in [0.4, 0.5) is 22.2 Å². The summed E-state index contributed by atoms with van der Waals surface area (Å²) in [6.45, 7) is 4.71. The van der Waals surface area contributed by atoms with Crippen molar-refractivity contribution >= 4 is 40.0 Å². The summed E-state index contributed by atoms with van der Waals surface area (Å²) in [6, 6.07) is 12.1. The lowest BCUT2D eigenvalue weighted by Crippen LogP contribution is -2.38. The standard InChI is InChI=1S/C26H29BrFN7O2/c27-21-8-9-23(37-18-19-6-2-3-7-22(19)28)20(16-21)17-29-33-24-30-25(34-10-4-1-5-11-34)32-26(31-24)35-12-14-36-15-13-35/h2-3,6-9,16-17H,1,4-5,10-15,18H2,(H,30,31,32,33)/b29-17+. The highest BCUT2D eigenvalue weighted by Gasteiger charge is 2.20. The second-order valence-corrected chi connectivity index (χ2v) is 9.75. The maximum absolute atomic E-state index is 14.0. The van der Waals surface area contributed by atoms with Gasteiger partial charge in [-0.15, -0.1) is 0 Å². The molecule has 3 heterocycles. The molecule has 9 nitrogen and oxygen atoms in total. The number of aromatic nitrogens is 3. The Kier molecular flexibility index (Phi) is 8.42. The number of rotatable bonds is 8. The molecular weight excluding hydrogens is 541 g/mol. The number of morpholine rings is 1. The van der Waals surface area contributed by atoms with Gasteiger partial charge >= 0.3 is 0 Å². The SMILES string of the molecule is Fc1ccccc1COc1ccc(Br)cc1/C=N/Nc1nc(N2CCCCC2)nc(N2CCOCC2)n1. The fraction of sp³-hybridized carbons (Fsp3) is 0.385. The van der Waals surface area contributed by atoms with Crippen LogP contribution in [0, 0.1) is 5.82 Å². The first kappa shape index (κ1) is 25.3. The Hall–Kier alpha value is -3.31. The topological polar surface area (TPSA) is 88.0 Å². The monoisotopic (exact) mass is 569 g/mol. The first-order chi connectivity index (χ1) is 18.2. The zero-order chi connectivity index (χ0) is 25.5. The third-order valence-corrected chi connectivity index (χ3v) is 6.72. The van der Waals surface area contributed by atoms with Crippen LogP contribution in [0.5, 0.6) is 5.75 Å². The Morgan fingerprint density at radius 1 is 0.973 bits per heavy atom. The fourth-order valence-electron chi connectivity index (χ4n) is 4.23. The van der Waals surface area contributed by atoms with E-state index in [2.05, 4.69) is 46.2 Å². The van der Waals surface area contributed by atoms with Gasteiger partial charge in [-0.2, -0.15) is 20.1 Å². The summed E-state index contributed by atoms with van der Waals surface area (Å²) in [5.74, 6) is 1.93. The first-order valence-electron chi connectivity index (χ1n) is 12.4. The number of hydrazone groups is 1. The second-order valence-electron chi connectivity index (χ2n) is 8.84. The van der Waals surface area contributed by atoms with Crippen LogP contribution >= 0.6 is 15.9 Å². The van der Waals surface area contributed by atoms with Gasteiger partial charge in [0.1, 0.15) is 18.2 Å². The summed E-state index contributed by atoms with van der Waals surface area (Å²) in [6.07, 6.45) is 5.11. The third kappa shape index (κ3) is 6.72. The molecule has 0 atom stereocenters. The maximum atomic E-state index is 14.0. The van der Waals surface area contributed by atoms with Crippen molar-refractivity contribution in [3.05, 3.63) is 63.9 Å². The van der Waals surface area contributed by atoms with E-state index in [0.29, 0.717) is 42.4 Å². The van der Waals surface area contributed by atoms with Gasteiger partial charge in [-0.1, -0.05) is 34.1 Å². The Balaban J connectivity index is 1.34. The quantitative estimate of drug-likeness (QED) is 0.310. The largest absolute Gasteiger partial charge is 0.488 e. The molecule has 0 amide bonds. The Bertz CT molecular complexity index is 1200. The van der Waals surface area contributed by atoms with Gasteiger partial charge < -0.3 is 19.3 Å². The minimum atomic E-state index is -0.299. The van der Waals surface area contributed by atoms with E-state index in [9.17, 15) is 4.39 Å². The third-order valence-electron chi connectivity index (χ3n) is 6.23. The Morgan fingerprint density at radius 3 is 2.46 bits per heavy atom. The van der Waals surface area contributed by atoms with Gasteiger partial charge in [0.2, 0.25) is 17.8 Å². The lowest BCUT2D eigenvalue weighted by Gasteiger charge is -2.30. The van der Waals surface area contributed by atoms with Crippen molar-refractivity contribution in [3.8, 4) is 5.75 Å². The van der Waals surface area contributed by atoms with Crippen molar-refractivity contribution in [1.29, 1.82) is 0 Å². The molecule has 2 aromatic carbocycles. The van der Waals surface area contributed by atoms with Crippen molar-refractivity contribution < 1.29 is 13.9 Å². The van der Waals surface area contributed by atoms with Gasteiger partial charge in [-0.3, -0.25) is 0 Å². The van der Waals surface area contributed by atoms with Gasteiger partial charge in [0.25, 0.3) is 0 Å². The second kappa shape index (κ2) is 12.3. The smallest absolute Gasteiger partial charge is 0.250 e. The lowest BCUT2D eigenvalue weighted by atomic mass is 10.1. The molecule has 0 unspecified atom stereocenters. The lowest BCUT2D eigenvalue weighted by molar-refractivity contribution is 0.122. The minimum Gasteiger partial charge on any atom is -0.488 e. The van der Waals surface area contributed by atoms with Gasteiger partial charge in [-0.25, -0.2) is 9.82 Å². The molecule has 1 N–H and O–H groups in total. The molecule has 5 rings (SSSR count). The highest BCUT2D eigenvalue weighted by Crippen LogP contribution is 2.24. The van der Waals surface area contributed by atoms with Crippen molar-refractivity contribution in [2.75, 3.05) is 54.6 Å². The van der Waals surface area contributed by atoms with E-state index in [1.165, 1.54) is 12.5 Å². The number of piperidine rings is 1. The highest BCUT2D eigenvalue weighted by atomic mass is 79.9. The van der Waals surface area contributed by atoms with E-state index >= 15 is 0 Å². The summed E-state index contributed by atoms with van der Waals surface area (Å²) < 4.78 is 26.3. The molecule has 3 aromatic rings. The van der Waals surface area contributed by atoms with Gasteiger partial charge in [0.05, 0.1) is 19.4 Å². The molecule has 2 aliphatic heterocycles. The summed E-state index contributed by atoms with van der Waals surface area (Å²) in [4.78, 5) is 18.3. The van der Waals surface area contributed by atoms with Crippen LogP contribution in [0.25, 0.3) is 0 Å². The fourth-order valence-corrected chi connectivity index (χ4v) is 4.60. The zero-order valence-corrected chi connectivity index (χ0v) is 22.0. The van der Waals surface area contributed by atoms with Crippen LogP contribution in [-0.4, -0.2) is 60.6 Å². The van der Waals surface area contributed by atoms with E-state index in [-0.39, 0.29) is 12.4 Å². The average Bonchev–Trinajstić information content (AvgIpc) is 2.94. The Morgan fingerprint density at radius 2 is 1.70 bits per heavy atom. The van der Waals surface area contributed by atoms with Crippen LogP contribution < -0.4 is 20.0 Å². The molecule has 1 aromatic heterocycles. The maximum Gasteiger partial charge on any atom is 0.250 e. The molecule has 0 bridgehead atoms. The molecule has 2 aliphatic rings. The van der Waals surface area contributed by atoms with Crippen molar-refractivity contribution in [2.24, 2.45) is 5.10 Å². The minimum absolute atomic E-state index is 0.109. The van der Waals surface area contributed by atoms with Crippen LogP contribution in [0.3, 0.4) is 0 Å². The van der Waals surface area contributed by atoms with E-state index in [0.717, 1.165) is 49.1 Å². The molecule has 2 fully saturated rings. The number of ether oxygens (including phenoxy) is 2. The predicted octanol–water partition coefficient (Wildman–Crippen LogP) is 4.63. The molecule has 0 spiro atoms. The number of anilines is 3. The number of nitrogens with zero attached hydrogens (tertiary/aromatic N) is 6. The Labute approximate surface area is 223 Å². The predicted molar refractivity (Wildman–Crippen MR) is 145 cm³/mol. The van der Waals surface area contributed by atoms with Crippen LogP contribution in [0.1, 0.15) is 30.4 Å². The molecule has 0 radical (unpaired) electrons. The van der Waals surface area contributed by atoms with E-state index in [1.807, 2.05) is 18.2 Å². The number of halogens is 2. The molecule has 11 heteroatoms. The average molecular weight is 570 g/mol. The summed E-state index contributed by atoms with van der Waals surface area (Å²) in [7, 11) is 0. The van der Waals surface area contributed by atoms with Crippen molar-refractivity contribution in [1.82, 2.24) is 15.0 Å². The molecule has 194 valence electrons. The summed E-state index contributed by atoms with van der Waals surface area (Å²) in [5.41, 5.74) is 4.18.